The summed E-state index contributed by atoms with van der Waals surface area (Å²) in [6.45, 7) is 6.61. The third-order valence-electron chi connectivity index (χ3n) is 7.25. The van der Waals surface area contributed by atoms with Crippen LogP contribution in [-0.4, -0.2) is 28.8 Å². The van der Waals surface area contributed by atoms with Gasteiger partial charge >= 0.3 is 5.97 Å². The van der Waals surface area contributed by atoms with Crippen LogP contribution in [-0.2, 0) is 25.4 Å². The molecule has 1 amide bonds. The lowest BCUT2D eigenvalue weighted by Gasteiger charge is -2.38. The number of aromatic nitrogens is 2. The zero-order valence-electron chi connectivity index (χ0n) is 22.5. The van der Waals surface area contributed by atoms with E-state index in [1.54, 1.807) is 0 Å². The Morgan fingerprint density at radius 3 is 2.55 bits per heavy atom. The summed E-state index contributed by atoms with van der Waals surface area (Å²) in [6, 6.07) is 20.6. The molecular formula is C31H38N4O3. The maximum Gasteiger partial charge on any atom is 0.305 e. The first kappa shape index (κ1) is 27.2. The van der Waals surface area contributed by atoms with Gasteiger partial charge in [0.05, 0.1) is 29.9 Å². The molecule has 2 N–H and O–H groups in total. The summed E-state index contributed by atoms with van der Waals surface area (Å²) in [7, 11) is 0. The van der Waals surface area contributed by atoms with Crippen molar-refractivity contribution in [1.29, 1.82) is 0 Å². The molecule has 38 heavy (non-hydrogen) atoms. The number of carbonyl (C=O) groups excluding carboxylic acids is 2. The molecule has 200 valence electrons. The predicted molar refractivity (Wildman–Crippen MR) is 150 cm³/mol. The second-order valence-corrected chi connectivity index (χ2v) is 10.4. The van der Waals surface area contributed by atoms with Crippen LogP contribution in [0.25, 0.3) is 6.08 Å². The molecule has 0 radical (unpaired) electrons. The summed E-state index contributed by atoms with van der Waals surface area (Å²) in [6.07, 6.45) is 10.1. The minimum atomic E-state index is -0.727. The van der Waals surface area contributed by atoms with Crippen LogP contribution in [0, 0.1) is 0 Å². The number of hydrogen-bond donors (Lipinski definition) is 2. The predicted octanol–water partition coefficient (Wildman–Crippen LogP) is 5.95. The van der Waals surface area contributed by atoms with Crippen molar-refractivity contribution >= 4 is 24.3 Å². The van der Waals surface area contributed by atoms with E-state index in [9.17, 15) is 9.59 Å². The maximum atomic E-state index is 11.9. The molecule has 7 nitrogen and oxygen atoms in total. The number of nitrogens with one attached hydrogen (secondary N) is 2. The molecule has 1 aliphatic rings. The van der Waals surface area contributed by atoms with Gasteiger partial charge in [-0.25, -0.2) is 4.68 Å². The number of benzene rings is 2. The largest absolute Gasteiger partial charge is 0.466 e. The van der Waals surface area contributed by atoms with Crippen molar-refractivity contribution in [2.24, 2.45) is 0 Å². The van der Waals surface area contributed by atoms with Crippen LogP contribution < -0.4 is 10.6 Å². The molecule has 3 aromatic rings. The number of esters is 1. The molecule has 0 spiro atoms. The Bertz CT molecular complexity index is 1240. The molecule has 7 heteroatoms. The molecule has 0 saturated heterocycles. The quantitative estimate of drug-likeness (QED) is 0.177. The normalized spacial score (nSPS) is 17.7. The van der Waals surface area contributed by atoms with Gasteiger partial charge in [0.15, 0.2) is 0 Å². The Labute approximate surface area is 225 Å². The van der Waals surface area contributed by atoms with Gasteiger partial charge in [-0.15, -0.1) is 0 Å². The van der Waals surface area contributed by atoms with E-state index in [1.807, 2.05) is 55.6 Å². The molecule has 0 fully saturated rings. The second kappa shape index (κ2) is 12.1. The van der Waals surface area contributed by atoms with Crippen LogP contribution in [0.4, 0.5) is 5.82 Å². The van der Waals surface area contributed by atoms with E-state index in [0.717, 1.165) is 36.2 Å². The number of anilines is 1. The first-order valence-electron chi connectivity index (χ1n) is 13.4. The standard InChI is InChI=1S/C31H38N4O3/c1-4-38-28(37)17-11-12-19-31(32-23-36,26-15-9-6-10-16-26)20-18-25-22-33-35-29(25)34-27(21-30(35,2)3)24-13-7-5-8-14-24/h5-10,13-16,18,20,22-23,27,34H,4,11-12,17,19,21H2,1-3H3,(H,32,36)/b20-18+. The summed E-state index contributed by atoms with van der Waals surface area (Å²) in [5.74, 6) is 0.770. The summed E-state index contributed by atoms with van der Waals surface area (Å²) in [5, 5.41) is 11.5. The Hall–Kier alpha value is -3.87. The van der Waals surface area contributed by atoms with E-state index in [4.69, 9.17) is 9.84 Å². The van der Waals surface area contributed by atoms with Crippen LogP contribution in [0.1, 0.15) is 75.6 Å². The van der Waals surface area contributed by atoms with Gasteiger partial charge in [0, 0.05) is 12.0 Å². The van der Waals surface area contributed by atoms with Gasteiger partial charge in [-0.05, 0) is 57.6 Å². The van der Waals surface area contributed by atoms with Gasteiger partial charge in [-0.1, -0.05) is 72.8 Å². The van der Waals surface area contributed by atoms with E-state index in [1.165, 1.54) is 5.56 Å². The highest BCUT2D eigenvalue weighted by atomic mass is 16.5. The van der Waals surface area contributed by atoms with Crippen molar-refractivity contribution in [3.63, 3.8) is 0 Å². The van der Waals surface area contributed by atoms with Crippen LogP contribution in [0.15, 0.2) is 72.9 Å². The highest BCUT2D eigenvalue weighted by molar-refractivity contribution is 5.69. The number of nitrogens with zero attached hydrogens (tertiary/aromatic N) is 2. The van der Waals surface area contributed by atoms with E-state index in [2.05, 4.69) is 59.5 Å². The molecule has 0 aliphatic carbocycles. The van der Waals surface area contributed by atoms with E-state index < -0.39 is 5.54 Å². The van der Waals surface area contributed by atoms with Crippen LogP contribution in [0.5, 0.6) is 0 Å². The monoisotopic (exact) mass is 514 g/mol. The molecule has 2 heterocycles. The van der Waals surface area contributed by atoms with Gasteiger partial charge in [0.2, 0.25) is 6.41 Å². The SMILES string of the molecule is CCOC(=O)CCCCC(/C=C/c1cnn2c1NC(c1ccccc1)CC2(C)C)(NC=O)c1ccccc1. The zero-order chi connectivity index (χ0) is 27.0. The Balaban J connectivity index is 1.63. The van der Waals surface area contributed by atoms with Crippen molar-refractivity contribution in [3.05, 3.63) is 89.6 Å². The fourth-order valence-electron chi connectivity index (χ4n) is 5.28. The van der Waals surface area contributed by atoms with Crippen molar-refractivity contribution < 1.29 is 14.3 Å². The maximum absolute atomic E-state index is 11.9. The number of ether oxygens (including phenoxy) is 1. The number of hydrogen-bond acceptors (Lipinski definition) is 5. The van der Waals surface area contributed by atoms with E-state index in [-0.39, 0.29) is 17.6 Å². The number of amides is 1. The highest BCUT2D eigenvalue weighted by Crippen LogP contribution is 2.40. The highest BCUT2D eigenvalue weighted by Gasteiger charge is 2.35. The fourth-order valence-corrected chi connectivity index (χ4v) is 5.28. The minimum Gasteiger partial charge on any atom is -0.466 e. The molecular weight excluding hydrogens is 476 g/mol. The van der Waals surface area contributed by atoms with Gasteiger partial charge in [0.1, 0.15) is 5.82 Å². The second-order valence-electron chi connectivity index (χ2n) is 10.4. The third kappa shape index (κ3) is 6.15. The molecule has 4 rings (SSSR count). The number of fused-ring (bicyclic) bond motifs is 1. The molecule has 2 atom stereocenters. The average Bonchev–Trinajstić information content (AvgIpc) is 3.34. The Kier molecular flexibility index (Phi) is 8.66. The average molecular weight is 515 g/mol. The van der Waals surface area contributed by atoms with Crippen LogP contribution >= 0.6 is 0 Å². The van der Waals surface area contributed by atoms with Crippen molar-refractivity contribution in [3.8, 4) is 0 Å². The first-order chi connectivity index (χ1) is 18.4. The molecule has 0 bridgehead atoms. The smallest absolute Gasteiger partial charge is 0.305 e. The molecule has 0 saturated carbocycles. The third-order valence-corrected chi connectivity index (χ3v) is 7.25. The van der Waals surface area contributed by atoms with Crippen LogP contribution in [0.3, 0.4) is 0 Å². The van der Waals surface area contributed by atoms with Crippen molar-refractivity contribution in [1.82, 2.24) is 15.1 Å². The summed E-state index contributed by atoms with van der Waals surface area (Å²) in [4.78, 5) is 23.7. The first-order valence-corrected chi connectivity index (χ1v) is 13.4. The Morgan fingerprint density at radius 1 is 1.16 bits per heavy atom. The van der Waals surface area contributed by atoms with Gasteiger partial charge in [-0.2, -0.15) is 5.10 Å². The van der Waals surface area contributed by atoms with Gasteiger partial charge in [0.25, 0.3) is 0 Å². The molecule has 1 aliphatic heterocycles. The van der Waals surface area contributed by atoms with Gasteiger partial charge in [-0.3, -0.25) is 9.59 Å². The van der Waals surface area contributed by atoms with Gasteiger partial charge < -0.3 is 15.4 Å². The zero-order valence-corrected chi connectivity index (χ0v) is 22.5. The van der Waals surface area contributed by atoms with Crippen molar-refractivity contribution in [2.75, 3.05) is 11.9 Å². The lowest BCUT2D eigenvalue weighted by Crippen LogP contribution is -2.40. The lowest BCUT2D eigenvalue weighted by molar-refractivity contribution is -0.143. The fraction of sp³-hybridized carbons (Fsp3) is 0.387. The number of carbonyl (C=O) groups is 2. The Morgan fingerprint density at radius 2 is 1.87 bits per heavy atom. The summed E-state index contributed by atoms with van der Waals surface area (Å²) >= 11 is 0. The molecule has 1 aromatic heterocycles. The molecule has 2 unspecified atom stereocenters. The van der Waals surface area contributed by atoms with Crippen molar-refractivity contribution in [2.45, 2.75) is 70.0 Å². The number of unbranched alkanes of at least 4 members (excludes halogenated alkanes) is 1. The van der Waals surface area contributed by atoms with E-state index in [0.29, 0.717) is 25.9 Å². The minimum absolute atomic E-state index is 0.164. The number of rotatable bonds is 12. The summed E-state index contributed by atoms with van der Waals surface area (Å²) in [5.41, 5.74) is 2.29. The summed E-state index contributed by atoms with van der Waals surface area (Å²) < 4.78 is 7.13. The van der Waals surface area contributed by atoms with E-state index >= 15 is 0 Å². The lowest BCUT2D eigenvalue weighted by atomic mass is 9.84. The topological polar surface area (TPSA) is 85.2 Å². The molecule has 2 aromatic carbocycles. The van der Waals surface area contributed by atoms with Crippen LogP contribution in [0.2, 0.25) is 0 Å².